The molecule has 80 valence electrons. The molecule has 0 unspecified atom stereocenters. The van der Waals surface area contributed by atoms with Crippen LogP contribution in [0.25, 0.3) is 0 Å². The van der Waals surface area contributed by atoms with Gasteiger partial charge in [0.2, 0.25) is 0 Å². The third-order valence-corrected chi connectivity index (χ3v) is 2.25. The van der Waals surface area contributed by atoms with Gasteiger partial charge in [-0.2, -0.15) is 0 Å². The Balaban J connectivity index is 3.31. The number of terminal acetylenes is 1. The molecule has 1 rings (SSSR count). The van der Waals surface area contributed by atoms with Crippen molar-refractivity contribution in [2.24, 2.45) is 0 Å². The number of hydrogen-bond acceptors (Lipinski definition) is 1. The van der Waals surface area contributed by atoms with Crippen LogP contribution < -0.4 is 11.2 Å². The first kappa shape index (κ1) is 11.5. The highest BCUT2D eigenvalue weighted by atomic mass is 19.4. The van der Waals surface area contributed by atoms with Crippen LogP contribution in [0.15, 0.2) is 12.1 Å². The molecule has 0 aliphatic rings. The average Bonchev–Trinajstić information content (AvgIpc) is 2.11. The highest BCUT2D eigenvalue weighted by Gasteiger charge is 2.26. The lowest BCUT2D eigenvalue weighted by atomic mass is 9.78. The fourth-order valence-electron chi connectivity index (χ4n) is 1.31. The average molecular weight is 212 g/mol. The molecular weight excluding hydrogens is 202 g/mol. The molecule has 15 heavy (non-hydrogen) atoms. The molecule has 0 bridgehead atoms. The van der Waals surface area contributed by atoms with E-state index in [0.717, 1.165) is 12.1 Å². The number of anilines is 1. The van der Waals surface area contributed by atoms with E-state index in [1.807, 2.05) is 0 Å². The highest BCUT2D eigenvalue weighted by molar-refractivity contribution is 6.73. The molecule has 0 heterocycles. The van der Waals surface area contributed by atoms with E-state index in [2.05, 4.69) is 5.92 Å². The monoisotopic (exact) mass is 212 g/mol. The molecule has 0 radical (unpaired) electrons. The van der Waals surface area contributed by atoms with Crippen molar-refractivity contribution in [3.05, 3.63) is 23.3 Å². The Kier molecular flexibility index (Phi) is 2.99. The lowest BCUT2D eigenvalue weighted by molar-refractivity contribution is 0.501. The molecule has 1 aromatic carbocycles. The minimum absolute atomic E-state index is 0.136. The minimum Gasteiger partial charge on any atom is -0.445 e. The van der Waals surface area contributed by atoms with Crippen molar-refractivity contribution in [2.75, 3.05) is 5.73 Å². The molecule has 0 aliphatic heterocycles. The zero-order valence-corrected chi connectivity index (χ0v) is 8.23. The predicted molar refractivity (Wildman–Crippen MR) is 56.8 cm³/mol. The number of benzene rings is 1. The maximum absolute atomic E-state index is 12.5. The van der Waals surface area contributed by atoms with Gasteiger partial charge in [-0.1, -0.05) is 12.1 Å². The van der Waals surface area contributed by atoms with Crippen LogP contribution in [-0.4, -0.2) is 6.98 Å². The van der Waals surface area contributed by atoms with Crippen LogP contribution in [0.4, 0.5) is 18.6 Å². The maximum atomic E-state index is 12.5. The summed E-state index contributed by atoms with van der Waals surface area (Å²) in [6.45, 7) is -3.36. The van der Waals surface area contributed by atoms with Crippen molar-refractivity contribution in [1.29, 1.82) is 0 Å². The third-order valence-electron chi connectivity index (χ3n) is 2.25. The molecule has 0 aromatic heterocycles. The van der Waals surface area contributed by atoms with E-state index in [-0.39, 0.29) is 12.1 Å². The van der Waals surface area contributed by atoms with Gasteiger partial charge < -0.3 is 18.7 Å². The van der Waals surface area contributed by atoms with E-state index in [9.17, 15) is 12.9 Å². The number of nitrogens with two attached hydrogens (primary N) is 1. The SMILES string of the molecule is C#CCc1cc([B-](F)(F)F)cc(N)c1C. The van der Waals surface area contributed by atoms with Gasteiger partial charge in [-0.25, -0.2) is 0 Å². The van der Waals surface area contributed by atoms with Crippen molar-refractivity contribution >= 4 is 18.1 Å². The molecular formula is C10H10BF3N-. The number of nitrogen functional groups attached to an aromatic ring is 1. The first-order valence-electron chi connectivity index (χ1n) is 4.38. The van der Waals surface area contributed by atoms with Crippen LogP contribution in [-0.2, 0) is 6.42 Å². The van der Waals surface area contributed by atoms with E-state index in [1.165, 1.54) is 0 Å². The number of rotatable bonds is 2. The Hall–Kier alpha value is -1.57. The van der Waals surface area contributed by atoms with Gasteiger partial charge in [-0.3, -0.25) is 0 Å². The minimum atomic E-state index is -5.02. The van der Waals surface area contributed by atoms with E-state index in [0.29, 0.717) is 11.1 Å². The topological polar surface area (TPSA) is 26.0 Å². The Morgan fingerprint density at radius 3 is 2.47 bits per heavy atom. The van der Waals surface area contributed by atoms with Crippen LogP contribution in [0.1, 0.15) is 11.1 Å². The molecule has 5 heteroatoms. The Labute approximate surface area is 86.5 Å². The molecule has 0 aliphatic carbocycles. The Morgan fingerprint density at radius 1 is 1.40 bits per heavy atom. The maximum Gasteiger partial charge on any atom is 0.509 e. The van der Waals surface area contributed by atoms with Crippen LogP contribution in [0.2, 0.25) is 0 Å². The summed E-state index contributed by atoms with van der Waals surface area (Å²) in [7, 11) is 0. The summed E-state index contributed by atoms with van der Waals surface area (Å²) < 4.78 is 37.4. The van der Waals surface area contributed by atoms with Gasteiger partial charge in [0.25, 0.3) is 0 Å². The highest BCUT2D eigenvalue weighted by Crippen LogP contribution is 2.19. The van der Waals surface area contributed by atoms with Crippen molar-refractivity contribution in [3.63, 3.8) is 0 Å². The fourth-order valence-corrected chi connectivity index (χ4v) is 1.31. The summed E-state index contributed by atoms with van der Waals surface area (Å²) in [5.41, 5.74) is 6.02. The first-order chi connectivity index (χ1) is 6.86. The smallest absolute Gasteiger partial charge is 0.445 e. The van der Waals surface area contributed by atoms with E-state index < -0.39 is 12.4 Å². The second-order valence-electron chi connectivity index (χ2n) is 3.35. The van der Waals surface area contributed by atoms with Crippen LogP contribution in [0.3, 0.4) is 0 Å². The molecule has 0 saturated carbocycles. The number of hydrogen-bond donors (Lipinski definition) is 1. The van der Waals surface area contributed by atoms with Crippen molar-refractivity contribution in [3.8, 4) is 12.3 Å². The molecule has 1 aromatic rings. The molecule has 2 N–H and O–H groups in total. The quantitative estimate of drug-likeness (QED) is 0.451. The molecule has 0 fully saturated rings. The van der Waals surface area contributed by atoms with Gasteiger partial charge in [0.15, 0.2) is 0 Å². The second-order valence-corrected chi connectivity index (χ2v) is 3.35. The normalized spacial score (nSPS) is 11.1. The van der Waals surface area contributed by atoms with Gasteiger partial charge in [-0.15, -0.1) is 17.8 Å². The Morgan fingerprint density at radius 2 is 2.00 bits per heavy atom. The second kappa shape index (κ2) is 3.89. The van der Waals surface area contributed by atoms with Gasteiger partial charge in [0.1, 0.15) is 0 Å². The molecule has 1 nitrogen and oxygen atoms in total. The third kappa shape index (κ3) is 2.47. The summed E-state index contributed by atoms with van der Waals surface area (Å²) in [6, 6.07) is 2.03. The predicted octanol–water partition coefficient (Wildman–Crippen LogP) is 1.81. The van der Waals surface area contributed by atoms with Crippen molar-refractivity contribution in [1.82, 2.24) is 0 Å². The van der Waals surface area contributed by atoms with E-state index in [1.54, 1.807) is 6.92 Å². The Bertz CT molecular complexity index is 418. The van der Waals surface area contributed by atoms with E-state index >= 15 is 0 Å². The fraction of sp³-hybridized carbons (Fsp3) is 0.200. The number of halogens is 3. The van der Waals surface area contributed by atoms with Gasteiger partial charge in [0.05, 0.1) is 0 Å². The van der Waals surface area contributed by atoms with Crippen LogP contribution >= 0.6 is 0 Å². The molecule has 0 saturated heterocycles. The largest absolute Gasteiger partial charge is 0.509 e. The van der Waals surface area contributed by atoms with E-state index in [4.69, 9.17) is 12.2 Å². The summed E-state index contributed by atoms with van der Waals surface area (Å²) in [4.78, 5) is 0. The van der Waals surface area contributed by atoms with Crippen molar-refractivity contribution < 1.29 is 12.9 Å². The van der Waals surface area contributed by atoms with Gasteiger partial charge >= 0.3 is 6.98 Å². The summed E-state index contributed by atoms with van der Waals surface area (Å²) in [5.74, 6) is 2.31. The van der Waals surface area contributed by atoms with Crippen LogP contribution in [0, 0.1) is 19.3 Å². The van der Waals surface area contributed by atoms with Crippen LogP contribution in [0.5, 0.6) is 0 Å². The zero-order chi connectivity index (χ0) is 11.6. The summed E-state index contributed by atoms with van der Waals surface area (Å²) >= 11 is 0. The lowest BCUT2D eigenvalue weighted by Crippen LogP contribution is -2.34. The zero-order valence-electron chi connectivity index (χ0n) is 8.23. The lowest BCUT2D eigenvalue weighted by Gasteiger charge is -2.18. The summed E-state index contributed by atoms with van der Waals surface area (Å²) in [6.07, 6.45) is 5.23. The first-order valence-corrected chi connectivity index (χ1v) is 4.38. The van der Waals surface area contributed by atoms with Crippen molar-refractivity contribution in [2.45, 2.75) is 13.3 Å². The summed E-state index contributed by atoms with van der Waals surface area (Å²) in [5, 5.41) is 0. The standard InChI is InChI=1S/C10H10BF3N/c1-3-4-8-5-9(11(12,13)14)6-10(15)7(8)2/h1,5-6H,4,15H2,2H3/q-1. The van der Waals surface area contributed by atoms with Gasteiger partial charge in [0, 0.05) is 12.1 Å². The molecule has 0 amide bonds. The van der Waals surface area contributed by atoms with Gasteiger partial charge in [-0.05, 0) is 18.1 Å². The molecule has 0 spiro atoms. The molecule has 0 atom stereocenters.